The van der Waals surface area contributed by atoms with Crippen LogP contribution in [0, 0.1) is 17.5 Å². The van der Waals surface area contributed by atoms with Gasteiger partial charge in [0.1, 0.15) is 11.6 Å². The van der Waals surface area contributed by atoms with Gasteiger partial charge in [0, 0.05) is 18.3 Å². The molecule has 1 aromatic carbocycles. The SMILES string of the molecule is O=C(O)c1ccc(Nc2cc(F)c(F)cc2F)nc1. The number of carbonyl (C=O) groups is 1. The quantitative estimate of drug-likeness (QED) is 0.840. The van der Waals surface area contributed by atoms with Crippen molar-refractivity contribution in [1.29, 1.82) is 0 Å². The highest BCUT2D eigenvalue weighted by Gasteiger charge is 2.10. The fraction of sp³-hybridized carbons (Fsp3) is 0. The van der Waals surface area contributed by atoms with Crippen LogP contribution < -0.4 is 5.32 Å². The van der Waals surface area contributed by atoms with E-state index in [9.17, 15) is 18.0 Å². The molecule has 0 saturated heterocycles. The van der Waals surface area contributed by atoms with Crippen molar-refractivity contribution in [2.75, 3.05) is 5.32 Å². The van der Waals surface area contributed by atoms with Gasteiger partial charge in [-0.25, -0.2) is 22.9 Å². The van der Waals surface area contributed by atoms with E-state index >= 15 is 0 Å². The van der Waals surface area contributed by atoms with Crippen LogP contribution in [-0.4, -0.2) is 16.1 Å². The van der Waals surface area contributed by atoms with Crippen LogP contribution in [0.2, 0.25) is 0 Å². The number of hydrogen-bond acceptors (Lipinski definition) is 3. The third-order valence-electron chi connectivity index (χ3n) is 2.28. The molecule has 1 heterocycles. The van der Waals surface area contributed by atoms with Crippen molar-refractivity contribution in [2.24, 2.45) is 0 Å². The highest BCUT2D eigenvalue weighted by molar-refractivity contribution is 5.87. The van der Waals surface area contributed by atoms with Crippen LogP contribution >= 0.6 is 0 Å². The van der Waals surface area contributed by atoms with Gasteiger partial charge in [-0.1, -0.05) is 0 Å². The Morgan fingerprint density at radius 3 is 2.37 bits per heavy atom. The normalized spacial score (nSPS) is 10.3. The van der Waals surface area contributed by atoms with Gasteiger partial charge in [0.25, 0.3) is 0 Å². The Morgan fingerprint density at radius 2 is 1.79 bits per heavy atom. The molecule has 98 valence electrons. The van der Waals surface area contributed by atoms with E-state index in [1.807, 2.05) is 0 Å². The predicted octanol–water partition coefficient (Wildman–Crippen LogP) is 2.94. The molecule has 0 aliphatic rings. The number of carboxylic acids is 1. The number of aromatic carboxylic acids is 1. The zero-order valence-electron chi connectivity index (χ0n) is 9.32. The van der Waals surface area contributed by atoms with Crippen molar-refractivity contribution in [3.63, 3.8) is 0 Å². The monoisotopic (exact) mass is 268 g/mol. The molecule has 0 saturated carbocycles. The van der Waals surface area contributed by atoms with Gasteiger partial charge >= 0.3 is 5.97 Å². The Kier molecular flexibility index (Phi) is 3.37. The number of rotatable bonds is 3. The van der Waals surface area contributed by atoms with Crippen LogP contribution in [0.15, 0.2) is 30.5 Å². The van der Waals surface area contributed by atoms with Crippen molar-refractivity contribution in [1.82, 2.24) is 4.98 Å². The number of benzene rings is 1. The first-order valence-electron chi connectivity index (χ1n) is 5.08. The molecule has 0 radical (unpaired) electrons. The molecule has 2 aromatic rings. The summed E-state index contributed by atoms with van der Waals surface area (Å²) in [4.78, 5) is 14.3. The van der Waals surface area contributed by atoms with E-state index in [4.69, 9.17) is 5.11 Å². The lowest BCUT2D eigenvalue weighted by Gasteiger charge is -2.07. The molecule has 0 spiro atoms. The van der Waals surface area contributed by atoms with Crippen molar-refractivity contribution >= 4 is 17.5 Å². The number of halogens is 3. The molecule has 2 N–H and O–H groups in total. The molecular weight excluding hydrogens is 261 g/mol. The highest BCUT2D eigenvalue weighted by Crippen LogP contribution is 2.21. The minimum atomic E-state index is -1.29. The molecule has 1 aromatic heterocycles. The number of aromatic nitrogens is 1. The average Bonchev–Trinajstić information content (AvgIpc) is 2.36. The summed E-state index contributed by atoms with van der Waals surface area (Å²) >= 11 is 0. The molecule has 2 rings (SSSR count). The Hall–Kier alpha value is -2.57. The second-order valence-electron chi connectivity index (χ2n) is 3.61. The largest absolute Gasteiger partial charge is 0.478 e. The minimum absolute atomic E-state index is 0.0451. The van der Waals surface area contributed by atoms with Gasteiger partial charge in [-0.2, -0.15) is 0 Å². The van der Waals surface area contributed by atoms with Crippen LogP contribution in [0.4, 0.5) is 24.7 Å². The summed E-state index contributed by atoms with van der Waals surface area (Å²) in [5, 5.41) is 11.1. The molecular formula is C12H7F3N2O2. The van der Waals surface area contributed by atoms with E-state index in [1.165, 1.54) is 12.1 Å². The number of carboxylic acid groups (broad SMARTS) is 1. The second-order valence-corrected chi connectivity index (χ2v) is 3.61. The van der Waals surface area contributed by atoms with Crippen molar-refractivity contribution in [3.05, 3.63) is 53.5 Å². The molecule has 4 nitrogen and oxygen atoms in total. The fourth-order valence-corrected chi connectivity index (χ4v) is 1.35. The maximum absolute atomic E-state index is 13.3. The maximum Gasteiger partial charge on any atom is 0.337 e. The first-order chi connectivity index (χ1) is 8.97. The first kappa shape index (κ1) is 12.9. The lowest BCUT2D eigenvalue weighted by atomic mass is 10.2. The summed E-state index contributed by atoms with van der Waals surface area (Å²) in [6.45, 7) is 0. The Balaban J connectivity index is 2.26. The number of anilines is 2. The molecule has 0 amide bonds. The molecule has 0 bridgehead atoms. The number of nitrogens with one attached hydrogen (secondary N) is 1. The molecule has 0 aliphatic carbocycles. The minimum Gasteiger partial charge on any atom is -0.478 e. The summed E-state index contributed by atoms with van der Waals surface area (Å²) in [6, 6.07) is 3.58. The molecule has 19 heavy (non-hydrogen) atoms. The van der Waals surface area contributed by atoms with E-state index in [2.05, 4.69) is 10.3 Å². The predicted molar refractivity (Wildman–Crippen MR) is 60.8 cm³/mol. The smallest absolute Gasteiger partial charge is 0.337 e. The van der Waals surface area contributed by atoms with Gasteiger partial charge in [-0.15, -0.1) is 0 Å². The van der Waals surface area contributed by atoms with E-state index < -0.39 is 23.4 Å². The Labute approximate surface area is 105 Å². The number of nitrogens with zero attached hydrogens (tertiary/aromatic N) is 1. The first-order valence-corrected chi connectivity index (χ1v) is 5.08. The van der Waals surface area contributed by atoms with Gasteiger partial charge < -0.3 is 10.4 Å². The fourth-order valence-electron chi connectivity index (χ4n) is 1.35. The number of hydrogen-bond donors (Lipinski definition) is 2. The van der Waals surface area contributed by atoms with Crippen LogP contribution in [0.1, 0.15) is 10.4 Å². The highest BCUT2D eigenvalue weighted by atomic mass is 19.2. The van der Waals surface area contributed by atoms with Gasteiger partial charge in [-0.05, 0) is 12.1 Å². The zero-order chi connectivity index (χ0) is 14.0. The van der Waals surface area contributed by atoms with Crippen LogP contribution in [-0.2, 0) is 0 Å². The third-order valence-corrected chi connectivity index (χ3v) is 2.28. The van der Waals surface area contributed by atoms with Gasteiger partial charge in [0.15, 0.2) is 11.6 Å². The summed E-state index contributed by atoms with van der Waals surface area (Å²) in [5.74, 6) is -4.53. The standard InChI is InChI=1S/C12H7F3N2O2/c13-7-3-9(15)10(4-8(7)14)17-11-2-1-6(5-16-11)12(18)19/h1-5H,(H,16,17)(H,18,19). The second kappa shape index (κ2) is 4.97. The van der Waals surface area contributed by atoms with Crippen LogP contribution in [0.5, 0.6) is 0 Å². The van der Waals surface area contributed by atoms with Crippen LogP contribution in [0.25, 0.3) is 0 Å². The van der Waals surface area contributed by atoms with E-state index in [-0.39, 0.29) is 17.1 Å². The lowest BCUT2D eigenvalue weighted by Crippen LogP contribution is -2.01. The van der Waals surface area contributed by atoms with Gasteiger partial charge in [-0.3, -0.25) is 0 Å². The van der Waals surface area contributed by atoms with Gasteiger partial charge in [0.2, 0.25) is 0 Å². The summed E-state index contributed by atoms with van der Waals surface area (Å²) in [5.41, 5.74) is -0.342. The van der Waals surface area contributed by atoms with Crippen molar-refractivity contribution in [2.45, 2.75) is 0 Å². The van der Waals surface area contributed by atoms with Crippen molar-refractivity contribution < 1.29 is 23.1 Å². The molecule has 0 aliphatic heterocycles. The molecule has 0 atom stereocenters. The lowest BCUT2D eigenvalue weighted by molar-refractivity contribution is 0.0696. The van der Waals surface area contributed by atoms with E-state index in [0.717, 1.165) is 6.20 Å². The number of pyridine rings is 1. The topological polar surface area (TPSA) is 62.2 Å². The molecule has 7 heteroatoms. The Bertz CT molecular complexity index is 630. The molecule has 0 unspecified atom stereocenters. The summed E-state index contributed by atoms with van der Waals surface area (Å²) in [6.07, 6.45) is 1.06. The summed E-state index contributed by atoms with van der Waals surface area (Å²) in [7, 11) is 0. The zero-order valence-corrected chi connectivity index (χ0v) is 9.32. The van der Waals surface area contributed by atoms with E-state index in [0.29, 0.717) is 12.1 Å². The third kappa shape index (κ3) is 2.82. The van der Waals surface area contributed by atoms with Crippen molar-refractivity contribution in [3.8, 4) is 0 Å². The Morgan fingerprint density at radius 1 is 1.11 bits per heavy atom. The van der Waals surface area contributed by atoms with Crippen LogP contribution in [0.3, 0.4) is 0 Å². The summed E-state index contributed by atoms with van der Waals surface area (Å²) < 4.78 is 39.0. The maximum atomic E-state index is 13.3. The average molecular weight is 268 g/mol. The van der Waals surface area contributed by atoms with Gasteiger partial charge in [0.05, 0.1) is 11.3 Å². The van der Waals surface area contributed by atoms with E-state index in [1.54, 1.807) is 0 Å². The molecule has 0 fully saturated rings.